The molecule has 11 heavy (non-hydrogen) atoms. The zero-order chi connectivity index (χ0) is 8.27. The topological polar surface area (TPSA) is 26.3 Å². The summed E-state index contributed by atoms with van der Waals surface area (Å²) < 4.78 is 5.58. The van der Waals surface area contributed by atoms with Crippen LogP contribution in [-0.4, -0.2) is 18.0 Å². The second-order valence-corrected chi connectivity index (χ2v) is 3.41. The van der Waals surface area contributed by atoms with Crippen molar-refractivity contribution >= 4 is 5.78 Å². The molecule has 0 saturated carbocycles. The Labute approximate surface area is 67.9 Å². The average Bonchev–Trinajstić information content (AvgIpc) is 1.85. The van der Waals surface area contributed by atoms with E-state index in [4.69, 9.17) is 4.74 Å². The van der Waals surface area contributed by atoms with Crippen LogP contribution in [0.3, 0.4) is 0 Å². The first kappa shape index (κ1) is 8.72. The highest BCUT2D eigenvalue weighted by atomic mass is 16.5. The molecule has 0 spiro atoms. The van der Waals surface area contributed by atoms with E-state index >= 15 is 0 Å². The van der Waals surface area contributed by atoms with Gasteiger partial charge in [0.05, 0.1) is 12.2 Å². The Bertz CT molecular complexity index is 142. The lowest BCUT2D eigenvalue weighted by Crippen LogP contribution is -2.26. The molecule has 2 nitrogen and oxygen atoms in total. The molecule has 0 bridgehead atoms. The maximum Gasteiger partial charge on any atom is 0.132 e. The smallest absolute Gasteiger partial charge is 0.132 e. The van der Waals surface area contributed by atoms with Crippen molar-refractivity contribution in [1.82, 2.24) is 0 Å². The van der Waals surface area contributed by atoms with Gasteiger partial charge in [-0.25, -0.2) is 0 Å². The van der Waals surface area contributed by atoms with Crippen LogP contribution in [0.5, 0.6) is 0 Å². The summed E-state index contributed by atoms with van der Waals surface area (Å²) in [6.45, 7) is 3.70. The number of carbonyl (C=O) groups is 1. The second-order valence-electron chi connectivity index (χ2n) is 3.41. The van der Waals surface area contributed by atoms with Gasteiger partial charge in [0.25, 0.3) is 0 Å². The van der Waals surface area contributed by atoms with Crippen LogP contribution in [0.2, 0.25) is 0 Å². The van der Waals surface area contributed by atoms with E-state index in [0.29, 0.717) is 12.5 Å². The SMILES string of the molecule is CC(=O)C[C@@H]1CCC[C@H](C)O1. The monoisotopic (exact) mass is 156 g/mol. The summed E-state index contributed by atoms with van der Waals surface area (Å²) in [6, 6.07) is 0. The molecule has 0 unspecified atom stereocenters. The second kappa shape index (κ2) is 3.86. The van der Waals surface area contributed by atoms with E-state index in [-0.39, 0.29) is 11.9 Å². The normalized spacial score (nSPS) is 31.8. The van der Waals surface area contributed by atoms with Crippen molar-refractivity contribution < 1.29 is 9.53 Å². The van der Waals surface area contributed by atoms with Gasteiger partial charge < -0.3 is 4.74 Å². The molecule has 1 fully saturated rings. The van der Waals surface area contributed by atoms with Crippen LogP contribution in [0.15, 0.2) is 0 Å². The highest BCUT2D eigenvalue weighted by Crippen LogP contribution is 2.20. The molecule has 0 N–H and O–H groups in total. The molecule has 1 aliphatic rings. The molecule has 0 radical (unpaired) electrons. The summed E-state index contributed by atoms with van der Waals surface area (Å²) in [5.74, 6) is 0.240. The van der Waals surface area contributed by atoms with Gasteiger partial charge in [0.15, 0.2) is 0 Å². The van der Waals surface area contributed by atoms with Gasteiger partial charge in [-0.2, -0.15) is 0 Å². The van der Waals surface area contributed by atoms with Crippen molar-refractivity contribution in [3.05, 3.63) is 0 Å². The van der Waals surface area contributed by atoms with Crippen molar-refractivity contribution in [3.8, 4) is 0 Å². The van der Waals surface area contributed by atoms with Crippen molar-refractivity contribution in [2.24, 2.45) is 0 Å². The van der Waals surface area contributed by atoms with Gasteiger partial charge in [-0.1, -0.05) is 0 Å². The summed E-state index contributed by atoms with van der Waals surface area (Å²) in [5, 5.41) is 0. The van der Waals surface area contributed by atoms with Crippen LogP contribution < -0.4 is 0 Å². The van der Waals surface area contributed by atoms with Crippen molar-refractivity contribution in [3.63, 3.8) is 0 Å². The van der Waals surface area contributed by atoms with E-state index in [1.165, 1.54) is 6.42 Å². The van der Waals surface area contributed by atoms with Gasteiger partial charge in [-0.05, 0) is 33.1 Å². The van der Waals surface area contributed by atoms with Crippen LogP contribution in [0.1, 0.15) is 39.5 Å². The lowest BCUT2D eigenvalue weighted by atomic mass is 10.0. The van der Waals surface area contributed by atoms with Crippen molar-refractivity contribution in [2.45, 2.75) is 51.7 Å². The van der Waals surface area contributed by atoms with Gasteiger partial charge >= 0.3 is 0 Å². The van der Waals surface area contributed by atoms with Crippen molar-refractivity contribution in [1.29, 1.82) is 0 Å². The third kappa shape index (κ3) is 3.02. The van der Waals surface area contributed by atoms with Gasteiger partial charge in [-0.3, -0.25) is 4.79 Å². The number of ketones is 1. The van der Waals surface area contributed by atoms with Gasteiger partial charge in [0, 0.05) is 6.42 Å². The summed E-state index contributed by atoms with van der Waals surface area (Å²) in [5.41, 5.74) is 0. The molecule has 0 aromatic carbocycles. The quantitative estimate of drug-likeness (QED) is 0.610. The summed E-state index contributed by atoms with van der Waals surface area (Å²) in [7, 11) is 0. The Morgan fingerprint density at radius 1 is 1.55 bits per heavy atom. The molecule has 0 aliphatic carbocycles. The molecule has 2 heteroatoms. The third-order valence-corrected chi connectivity index (χ3v) is 2.08. The molecular weight excluding hydrogens is 140 g/mol. The number of ether oxygens (including phenoxy) is 1. The van der Waals surface area contributed by atoms with E-state index in [0.717, 1.165) is 12.8 Å². The van der Waals surface area contributed by atoms with E-state index in [1.54, 1.807) is 6.92 Å². The lowest BCUT2D eigenvalue weighted by Gasteiger charge is -2.26. The first-order chi connectivity index (χ1) is 5.18. The number of Topliss-reactive ketones (excluding diaryl/α,β-unsaturated/α-hetero) is 1. The fourth-order valence-electron chi connectivity index (χ4n) is 1.57. The standard InChI is InChI=1S/C9H16O2/c1-7(10)6-9-5-3-4-8(2)11-9/h8-9H,3-6H2,1-2H3/t8-,9-/m0/s1. The zero-order valence-electron chi connectivity index (χ0n) is 7.30. The zero-order valence-corrected chi connectivity index (χ0v) is 7.30. The highest BCUT2D eigenvalue weighted by molar-refractivity contribution is 5.75. The van der Waals surface area contributed by atoms with E-state index in [1.807, 2.05) is 0 Å². The number of carbonyl (C=O) groups excluding carboxylic acids is 1. The molecule has 64 valence electrons. The first-order valence-electron chi connectivity index (χ1n) is 4.33. The minimum atomic E-state index is 0.205. The predicted octanol–water partition coefficient (Wildman–Crippen LogP) is 1.92. The van der Waals surface area contributed by atoms with Gasteiger partial charge in [-0.15, -0.1) is 0 Å². The molecule has 1 saturated heterocycles. The average molecular weight is 156 g/mol. The summed E-state index contributed by atoms with van der Waals surface area (Å²) >= 11 is 0. The maximum atomic E-state index is 10.7. The maximum absolute atomic E-state index is 10.7. The van der Waals surface area contributed by atoms with Crippen LogP contribution in [-0.2, 0) is 9.53 Å². The largest absolute Gasteiger partial charge is 0.375 e. The van der Waals surface area contributed by atoms with Crippen molar-refractivity contribution in [2.75, 3.05) is 0 Å². The minimum Gasteiger partial charge on any atom is -0.375 e. The molecule has 2 atom stereocenters. The lowest BCUT2D eigenvalue weighted by molar-refractivity contribution is -0.122. The van der Waals surface area contributed by atoms with Crippen LogP contribution in [0.4, 0.5) is 0 Å². The first-order valence-corrected chi connectivity index (χ1v) is 4.33. The Kier molecular flexibility index (Phi) is 3.06. The number of hydrogen-bond donors (Lipinski definition) is 0. The van der Waals surface area contributed by atoms with E-state index < -0.39 is 0 Å². The summed E-state index contributed by atoms with van der Waals surface area (Å²) in [4.78, 5) is 10.7. The predicted molar refractivity (Wildman–Crippen MR) is 43.5 cm³/mol. The van der Waals surface area contributed by atoms with E-state index in [9.17, 15) is 4.79 Å². The molecule has 1 aliphatic heterocycles. The Morgan fingerprint density at radius 3 is 2.82 bits per heavy atom. The van der Waals surface area contributed by atoms with Gasteiger partial charge in [0.1, 0.15) is 5.78 Å². The molecule has 0 aromatic heterocycles. The van der Waals surface area contributed by atoms with Crippen LogP contribution in [0, 0.1) is 0 Å². The number of hydrogen-bond acceptors (Lipinski definition) is 2. The molecule has 0 amide bonds. The highest BCUT2D eigenvalue weighted by Gasteiger charge is 2.19. The molecular formula is C9H16O2. The molecule has 0 aromatic rings. The Hall–Kier alpha value is -0.370. The number of rotatable bonds is 2. The third-order valence-electron chi connectivity index (χ3n) is 2.08. The fourth-order valence-corrected chi connectivity index (χ4v) is 1.57. The van der Waals surface area contributed by atoms with E-state index in [2.05, 4.69) is 6.92 Å². The fraction of sp³-hybridized carbons (Fsp3) is 0.889. The van der Waals surface area contributed by atoms with Crippen LogP contribution in [0.25, 0.3) is 0 Å². The Balaban J connectivity index is 2.28. The minimum absolute atomic E-state index is 0.205. The van der Waals surface area contributed by atoms with Crippen LogP contribution >= 0.6 is 0 Å². The Morgan fingerprint density at radius 2 is 2.27 bits per heavy atom. The van der Waals surface area contributed by atoms with Gasteiger partial charge in [0.2, 0.25) is 0 Å². The molecule has 1 rings (SSSR count). The molecule has 1 heterocycles. The summed E-state index contributed by atoms with van der Waals surface area (Å²) in [6.07, 6.45) is 4.58.